The fourth-order valence-corrected chi connectivity index (χ4v) is 4.19. The minimum Gasteiger partial charge on any atom is -0.349 e. The number of hydrogen-bond acceptors (Lipinski definition) is 2. The van der Waals surface area contributed by atoms with Crippen LogP contribution in [0.1, 0.15) is 51.2 Å². The van der Waals surface area contributed by atoms with Crippen LogP contribution >= 0.6 is 0 Å². The van der Waals surface area contributed by atoms with Gasteiger partial charge < -0.3 is 20.4 Å². The van der Waals surface area contributed by atoms with Crippen LogP contribution in [0.2, 0.25) is 0 Å². The standard InChI is InChI=1S/C24H40N4O2/c1-18(2)8-6-11-21(5)25-22(29)16-27-12-14-28(15-13-27)17-23(30)26-24-19(3)9-7-10-20(24)4/h7,9-10,18,21H,6,8,11-17H2,1-5H3,(H,25,29)(H,26,30)/p+2/t21-/m1/s1. The highest BCUT2D eigenvalue weighted by molar-refractivity contribution is 5.93. The molecule has 1 atom stereocenters. The van der Waals surface area contributed by atoms with Gasteiger partial charge in [-0.15, -0.1) is 0 Å². The van der Waals surface area contributed by atoms with Crippen LogP contribution < -0.4 is 20.4 Å². The van der Waals surface area contributed by atoms with E-state index >= 15 is 0 Å². The van der Waals surface area contributed by atoms with Crippen LogP contribution in [0.5, 0.6) is 0 Å². The van der Waals surface area contributed by atoms with Crippen molar-refractivity contribution in [2.24, 2.45) is 5.92 Å². The van der Waals surface area contributed by atoms with Crippen molar-refractivity contribution in [1.29, 1.82) is 0 Å². The largest absolute Gasteiger partial charge is 0.349 e. The van der Waals surface area contributed by atoms with Crippen molar-refractivity contribution in [3.05, 3.63) is 29.3 Å². The molecule has 2 amide bonds. The maximum absolute atomic E-state index is 12.5. The Morgan fingerprint density at radius 1 is 0.900 bits per heavy atom. The first-order valence-corrected chi connectivity index (χ1v) is 11.6. The Kier molecular flexibility index (Phi) is 9.79. The molecule has 2 rings (SSSR count). The number of quaternary nitrogens is 2. The smallest absolute Gasteiger partial charge is 0.279 e. The fraction of sp³-hybridized carbons (Fsp3) is 0.667. The summed E-state index contributed by atoms with van der Waals surface area (Å²) in [5.41, 5.74) is 3.12. The first-order valence-electron chi connectivity index (χ1n) is 11.6. The molecule has 0 unspecified atom stereocenters. The van der Waals surface area contributed by atoms with Gasteiger partial charge >= 0.3 is 0 Å². The normalized spacial score (nSPS) is 20.1. The third kappa shape index (κ3) is 8.44. The lowest BCUT2D eigenvalue weighted by molar-refractivity contribution is -1.00. The van der Waals surface area contributed by atoms with E-state index in [1.54, 1.807) is 0 Å². The lowest BCUT2D eigenvalue weighted by atomic mass is 10.0. The van der Waals surface area contributed by atoms with Crippen molar-refractivity contribution < 1.29 is 19.4 Å². The number of piperazine rings is 1. The predicted molar refractivity (Wildman–Crippen MR) is 122 cm³/mol. The van der Waals surface area contributed by atoms with Gasteiger partial charge in [0.05, 0.1) is 0 Å². The summed E-state index contributed by atoms with van der Waals surface area (Å²) in [6.45, 7) is 15.4. The highest BCUT2D eigenvalue weighted by atomic mass is 16.2. The number of benzene rings is 1. The minimum atomic E-state index is 0.0683. The summed E-state index contributed by atoms with van der Waals surface area (Å²) in [5.74, 6) is 0.941. The van der Waals surface area contributed by atoms with Crippen LogP contribution in [0, 0.1) is 19.8 Å². The van der Waals surface area contributed by atoms with E-state index in [-0.39, 0.29) is 17.9 Å². The molecule has 0 spiro atoms. The zero-order valence-corrected chi connectivity index (χ0v) is 19.6. The molecule has 1 heterocycles. The van der Waals surface area contributed by atoms with Gasteiger partial charge in [-0.3, -0.25) is 9.59 Å². The van der Waals surface area contributed by atoms with Gasteiger partial charge in [-0.05, 0) is 44.2 Å². The number of aryl methyl sites for hydroxylation is 2. The molecule has 0 saturated carbocycles. The molecule has 1 aromatic carbocycles. The second kappa shape index (κ2) is 12.1. The van der Waals surface area contributed by atoms with E-state index < -0.39 is 0 Å². The molecule has 1 fully saturated rings. The quantitative estimate of drug-likeness (QED) is 0.443. The van der Waals surface area contributed by atoms with Crippen LogP contribution in [0.4, 0.5) is 5.69 Å². The number of nitrogens with one attached hydrogen (secondary N) is 4. The third-order valence-electron chi connectivity index (χ3n) is 6.06. The molecule has 0 aromatic heterocycles. The van der Waals surface area contributed by atoms with E-state index in [0.29, 0.717) is 13.1 Å². The fourth-order valence-electron chi connectivity index (χ4n) is 4.19. The van der Waals surface area contributed by atoms with Gasteiger partial charge in [0.2, 0.25) is 0 Å². The van der Waals surface area contributed by atoms with Crippen molar-refractivity contribution in [3.63, 3.8) is 0 Å². The van der Waals surface area contributed by atoms with Gasteiger partial charge in [-0.25, -0.2) is 0 Å². The monoisotopic (exact) mass is 418 g/mol. The molecule has 1 aromatic rings. The maximum Gasteiger partial charge on any atom is 0.279 e. The second-order valence-electron chi connectivity index (χ2n) is 9.46. The molecule has 0 bridgehead atoms. The van der Waals surface area contributed by atoms with Crippen LogP contribution in [0.25, 0.3) is 0 Å². The van der Waals surface area contributed by atoms with E-state index in [0.717, 1.165) is 61.8 Å². The Hall–Kier alpha value is -1.92. The van der Waals surface area contributed by atoms with E-state index in [9.17, 15) is 9.59 Å². The molecular weight excluding hydrogens is 376 g/mol. The van der Waals surface area contributed by atoms with Gasteiger partial charge in [0.1, 0.15) is 26.2 Å². The molecule has 168 valence electrons. The van der Waals surface area contributed by atoms with Crippen molar-refractivity contribution >= 4 is 17.5 Å². The van der Waals surface area contributed by atoms with E-state index in [4.69, 9.17) is 0 Å². The molecule has 6 heteroatoms. The van der Waals surface area contributed by atoms with E-state index in [2.05, 4.69) is 31.4 Å². The molecular formula is C24H42N4O2+2. The maximum atomic E-state index is 12.5. The van der Waals surface area contributed by atoms with Crippen LogP contribution in [0.3, 0.4) is 0 Å². The van der Waals surface area contributed by atoms with Crippen molar-refractivity contribution in [3.8, 4) is 0 Å². The predicted octanol–water partition coefficient (Wildman–Crippen LogP) is 0.356. The number of amides is 2. The highest BCUT2D eigenvalue weighted by Gasteiger charge is 2.26. The molecule has 6 nitrogen and oxygen atoms in total. The summed E-state index contributed by atoms with van der Waals surface area (Å²) in [6, 6.07) is 6.30. The molecule has 0 radical (unpaired) electrons. The molecule has 4 N–H and O–H groups in total. The summed E-state index contributed by atoms with van der Waals surface area (Å²) in [4.78, 5) is 27.4. The molecule has 1 aliphatic heterocycles. The van der Waals surface area contributed by atoms with Crippen molar-refractivity contribution in [2.75, 3.05) is 44.6 Å². The Balaban J connectivity index is 1.67. The molecule has 1 saturated heterocycles. The van der Waals surface area contributed by atoms with Gasteiger partial charge in [0, 0.05) is 11.7 Å². The summed E-state index contributed by atoms with van der Waals surface area (Å²) < 4.78 is 0. The van der Waals surface area contributed by atoms with E-state index in [1.165, 1.54) is 16.2 Å². The lowest BCUT2D eigenvalue weighted by Gasteiger charge is -2.29. The summed E-state index contributed by atoms with van der Waals surface area (Å²) in [6.07, 6.45) is 3.43. The number of carbonyl (C=O) groups is 2. The van der Waals surface area contributed by atoms with E-state index in [1.807, 2.05) is 32.0 Å². The Bertz CT molecular complexity index is 676. The number of hydrogen-bond donors (Lipinski definition) is 4. The Labute approximate surface area is 182 Å². The first-order chi connectivity index (χ1) is 14.2. The van der Waals surface area contributed by atoms with Gasteiger partial charge in [-0.2, -0.15) is 0 Å². The highest BCUT2D eigenvalue weighted by Crippen LogP contribution is 2.18. The average molecular weight is 419 g/mol. The summed E-state index contributed by atoms with van der Waals surface area (Å²) in [5, 5.41) is 6.24. The molecule has 1 aliphatic rings. The lowest BCUT2D eigenvalue weighted by Crippen LogP contribution is -3.28. The number of carbonyl (C=O) groups excluding carboxylic acids is 2. The second-order valence-corrected chi connectivity index (χ2v) is 9.46. The number of rotatable bonds is 10. The van der Waals surface area contributed by atoms with Gasteiger partial charge in [0.25, 0.3) is 11.8 Å². The zero-order valence-electron chi connectivity index (χ0n) is 19.6. The first kappa shape index (κ1) is 24.4. The zero-order chi connectivity index (χ0) is 22.1. The average Bonchev–Trinajstić information content (AvgIpc) is 2.66. The van der Waals surface area contributed by atoms with Crippen LogP contribution in [0.15, 0.2) is 18.2 Å². The molecule has 30 heavy (non-hydrogen) atoms. The summed E-state index contributed by atoms with van der Waals surface area (Å²) >= 11 is 0. The third-order valence-corrected chi connectivity index (χ3v) is 6.06. The number of para-hydroxylation sites is 1. The van der Waals surface area contributed by atoms with Crippen LogP contribution in [-0.2, 0) is 9.59 Å². The van der Waals surface area contributed by atoms with Gasteiger partial charge in [-0.1, -0.05) is 44.9 Å². The Morgan fingerprint density at radius 3 is 1.97 bits per heavy atom. The number of anilines is 1. The van der Waals surface area contributed by atoms with Crippen molar-refractivity contribution in [2.45, 2.75) is 59.9 Å². The van der Waals surface area contributed by atoms with Gasteiger partial charge in [0.15, 0.2) is 13.1 Å². The minimum absolute atomic E-state index is 0.0683. The van der Waals surface area contributed by atoms with Crippen molar-refractivity contribution in [1.82, 2.24) is 5.32 Å². The SMILES string of the molecule is Cc1cccc(C)c1NC(=O)C[NH+]1CC[NH+](CC(=O)N[C@H](C)CCCC(C)C)CC1. The van der Waals surface area contributed by atoms with Crippen LogP contribution in [-0.4, -0.2) is 57.1 Å². The topological polar surface area (TPSA) is 67.1 Å². The Morgan fingerprint density at radius 2 is 1.43 bits per heavy atom. The summed E-state index contributed by atoms with van der Waals surface area (Å²) in [7, 11) is 0. The molecule has 0 aliphatic carbocycles.